The number of aromatic nitrogens is 2. The van der Waals surface area contributed by atoms with Crippen LogP contribution in [0.2, 0.25) is 0 Å². The Morgan fingerprint density at radius 2 is 1.97 bits per heavy atom. The number of carbonyl (C=O) groups excluding carboxylic acids is 1. The lowest BCUT2D eigenvalue weighted by molar-refractivity contribution is -0.121. The zero-order valence-electron chi connectivity index (χ0n) is 16.5. The van der Waals surface area contributed by atoms with Gasteiger partial charge in [0.2, 0.25) is 5.91 Å². The van der Waals surface area contributed by atoms with Gasteiger partial charge in [0, 0.05) is 18.4 Å². The molecule has 0 fully saturated rings. The van der Waals surface area contributed by atoms with Gasteiger partial charge in [-0.1, -0.05) is 12.1 Å². The molecular formula is C23H23N3O3. The summed E-state index contributed by atoms with van der Waals surface area (Å²) in [6, 6.07) is 17.5. The van der Waals surface area contributed by atoms with E-state index in [4.69, 9.17) is 9.15 Å². The number of aryl methyl sites for hydroxylation is 2. The molecule has 2 aromatic heterocycles. The summed E-state index contributed by atoms with van der Waals surface area (Å²) in [6.45, 7) is 2.40. The zero-order valence-corrected chi connectivity index (χ0v) is 16.5. The van der Waals surface area contributed by atoms with Crippen LogP contribution in [0.25, 0.3) is 22.4 Å². The molecule has 0 aliphatic rings. The Labute approximate surface area is 168 Å². The summed E-state index contributed by atoms with van der Waals surface area (Å²) in [5.74, 6) is 3.08. The molecule has 1 amide bonds. The minimum atomic E-state index is -0.0374. The van der Waals surface area contributed by atoms with E-state index in [1.807, 2.05) is 61.5 Å². The van der Waals surface area contributed by atoms with Crippen molar-refractivity contribution in [2.45, 2.75) is 26.3 Å². The fourth-order valence-corrected chi connectivity index (χ4v) is 3.24. The van der Waals surface area contributed by atoms with Gasteiger partial charge < -0.3 is 19.5 Å². The predicted octanol–water partition coefficient (Wildman–Crippen LogP) is 4.39. The lowest BCUT2D eigenvalue weighted by Crippen LogP contribution is -2.23. The Balaban J connectivity index is 1.30. The van der Waals surface area contributed by atoms with Gasteiger partial charge in [0.25, 0.3) is 0 Å². The Kier molecular flexibility index (Phi) is 5.33. The van der Waals surface area contributed by atoms with Gasteiger partial charge >= 0.3 is 0 Å². The summed E-state index contributed by atoms with van der Waals surface area (Å²) in [7, 11) is 1.64. The van der Waals surface area contributed by atoms with Gasteiger partial charge in [0.05, 0.1) is 24.7 Å². The van der Waals surface area contributed by atoms with Crippen molar-refractivity contribution < 1.29 is 13.9 Å². The molecule has 0 aliphatic heterocycles. The molecule has 0 atom stereocenters. The van der Waals surface area contributed by atoms with Gasteiger partial charge in [-0.15, -0.1) is 0 Å². The standard InChI is InChI=1S/C23H23N3O3/c1-15-4-3-5-19-23(15)26-21(25-19)14-24-22(27)13-11-18-10-12-20(29-18)16-6-8-17(28-2)9-7-16/h3-10,12H,11,13-14H2,1-2H3,(H,24,27)(H,25,26). The Bertz CT molecular complexity index is 1130. The van der Waals surface area contributed by atoms with Crippen LogP contribution in [-0.2, 0) is 17.8 Å². The third kappa shape index (κ3) is 4.32. The maximum atomic E-state index is 12.2. The number of fused-ring (bicyclic) bond motifs is 1. The minimum absolute atomic E-state index is 0.0374. The number of para-hydroxylation sites is 1. The van der Waals surface area contributed by atoms with E-state index in [1.54, 1.807) is 7.11 Å². The lowest BCUT2D eigenvalue weighted by atomic mass is 10.2. The number of ether oxygens (including phenoxy) is 1. The molecule has 6 heteroatoms. The van der Waals surface area contributed by atoms with E-state index < -0.39 is 0 Å². The number of H-pyrrole nitrogens is 1. The summed E-state index contributed by atoms with van der Waals surface area (Å²) in [6.07, 6.45) is 0.899. The van der Waals surface area contributed by atoms with E-state index >= 15 is 0 Å². The molecule has 2 heterocycles. The third-order valence-electron chi connectivity index (χ3n) is 4.85. The number of hydrogen-bond acceptors (Lipinski definition) is 4. The van der Waals surface area contributed by atoms with E-state index in [9.17, 15) is 4.79 Å². The Morgan fingerprint density at radius 1 is 1.14 bits per heavy atom. The monoisotopic (exact) mass is 389 g/mol. The molecule has 0 radical (unpaired) electrons. The number of furan rings is 1. The van der Waals surface area contributed by atoms with Crippen molar-refractivity contribution in [2.75, 3.05) is 7.11 Å². The van der Waals surface area contributed by atoms with Gasteiger partial charge in [-0.25, -0.2) is 4.98 Å². The number of hydrogen-bond donors (Lipinski definition) is 2. The number of aromatic amines is 1. The third-order valence-corrected chi connectivity index (χ3v) is 4.85. The van der Waals surface area contributed by atoms with Crippen molar-refractivity contribution >= 4 is 16.9 Å². The van der Waals surface area contributed by atoms with Crippen molar-refractivity contribution in [2.24, 2.45) is 0 Å². The van der Waals surface area contributed by atoms with E-state index in [0.717, 1.165) is 45.3 Å². The Morgan fingerprint density at radius 3 is 2.72 bits per heavy atom. The molecule has 29 heavy (non-hydrogen) atoms. The normalized spacial score (nSPS) is 11.0. The molecule has 0 spiro atoms. The zero-order chi connectivity index (χ0) is 20.2. The van der Waals surface area contributed by atoms with Crippen LogP contribution in [0.5, 0.6) is 5.75 Å². The summed E-state index contributed by atoms with van der Waals surface area (Å²) in [5, 5.41) is 2.91. The highest BCUT2D eigenvalue weighted by Gasteiger charge is 2.10. The fraction of sp³-hybridized carbons (Fsp3) is 0.217. The average molecular weight is 389 g/mol. The number of amides is 1. The SMILES string of the molecule is COc1ccc(-c2ccc(CCC(=O)NCc3nc4c(C)cccc4[nH]3)o2)cc1. The van der Waals surface area contributed by atoms with Gasteiger partial charge in [-0.2, -0.15) is 0 Å². The lowest BCUT2D eigenvalue weighted by Gasteiger charge is -2.03. The van der Waals surface area contributed by atoms with Gasteiger partial charge in [-0.05, 0) is 55.0 Å². The molecule has 2 N–H and O–H groups in total. The van der Waals surface area contributed by atoms with E-state index in [2.05, 4.69) is 15.3 Å². The number of benzene rings is 2. The maximum absolute atomic E-state index is 12.2. The van der Waals surface area contributed by atoms with Gasteiger partial charge in [0.1, 0.15) is 23.1 Å². The molecule has 0 aliphatic carbocycles. The van der Waals surface area contributed by atoms with E-state index in [1.165, 1.54) is 0 Å². The second-order valence-corrected chi connectivity index (χ2v) is 6.93. The fourth-order valence-electron chi connectivity index (χ4n) is 3.24. The van der Waals surface area contributed by atoms with Crippen LogP contribution in [0.1, 0.15) is 23.6 Å². The summed E-state index contributed by atoms with van der Waals surface area (Å²) >= 11 is 0. The first-order valence-corrected chi connectivity index (χ1v) is 9.56. The quantitative estimate of drug-likeness (QED) is 0.491. The predicted molar refractivity (Wildman–Crippen MR) is 112 cm³/mol. The molecular weight excluding hydrogens is 366 g/mol. The summed E-state index contributed by atoms with van der Waals surface area (Å²) in [4.78, 5) is 20.0. The van der Waals surface area contributed by atoms with Crippen molar-refractivity contribution in [1.82, 2.24) is 15.3 Å². The smallest absolute Gasteiger partial charge is 0.220 e. The van der Waals surface area contributed by atoms with Crippen LogP contribution in [-0.4, -0.2) is 23.0 Å². The molecule has 4 aromatic rings. The maximum Gasteiger partial charge on any atom is 0.220 e. The van der Waals surface area contributed by atoms with Crippen LogP contribution in [0.3, 0.4) is 0 Å². The number of rotatable bonds is 7. The topological polar surface area (TPSA) is 80.1 Å². The van der Waals surface area contributed by atoms with Gasteiger partial charge in [0.15, 0.2) is 0 Å². The molecule has 2 aromatic carbocycles. The van der Waals surface area contributed by atoms with Crippen LogP contribution in [0.15, 0.2) is 59.0 Å². The van der Waals surface area contributed by atoms with Gasteiger partial charge in [-0.3, -0.25) is 4.79 Å². The number of methoxy groups -OCH3 is 1. The summed E-state index contributed by atoms with van der Waals surface area (Å²) < 4.78 is 11.0. The van der Waals surface area contributed by atoms with Crippen LogP contribution >= 0.6 is 0 Å². The number of nitrogens with one attached hydrogen (secondary N) is 2. The van der Waals surface area contributed by atoms with Crippen LogP contribution < -0.4 is 10.1 Å². The Hall–Kier alpha value is -3.54. The number of imidazole rings is 1. The largest absolute Gasteiger partial charge is 0.497 e. The van der Waals surface area contributed by atoms with Crippen molar-refractivity contribution in [3.05, 3.63) is 71.7 Å². The molecule has 0 bridgehead atoms. The average Bonchev–Trinajstić information content (AvgIpc) is 3.38. The van der Waals surface area contributed by atoms with Crippen molar-refractivity contribution in [1.29, 1.82) is 0 Å². The first-order valence-electron chi connectivity index (χ1n) is 9.56. The van der Waals surface area contributed by atoms with E-state index in [0.29, 0.717) is 19.4 Å². The molecule has 6 nitrogen and oxygen atoms in total. The highest BCUT2D eigenvalue weighted by molar-refractivity contribution is 5.79. The van der Waals surface area contributed by atoms with Crippen LogP contribution in [0, 0.1) is 6.92 Å². The molecule has 0 saturated heterocycles. The second-order valence-electron chi connectivity index (χ2n) is 6.93. The minimum Gasteiger partial charge on any atom is -0.497 e. The highest BCUT2D eigenvalue weighted by Crippen LogP contribution is 2.25. The molecule has 0 saturated carbocycles. The van der Waals surface area contributed by atoms with E-state index in [-0.39, 0.29) is 5.91 Å². The van der Waals surface area contributed by atoms with Crippen LogP contribution in [0.4, 0.5) is 0 Å². The molecule has 0 unspecified atom stereocenters. The molecule has 4 rings (SSSR count). The first-order chi connectivity index (χ1) is 14.1. The highest BCUT2D eigenvalue weighted by atomic mass is 16.5. The molecule has 148 valence electrons. The van der Waals surface area contributed by atoms with Crippen molar-refractivity contribution in [3.63, 3.8) is 0 Å². The second kappa shape index (κ2) is 8.22. The number of carbonyl (C=O) groups is 1. The number of nitrogens with zero attached hydrogens (tertiary/aromatic N) is 1. The first kappa shape index (κ1) is 18.8. The summed E-state index contributed by atoms with van der Waals surface area (Å²) in [5.41, 5.74) is 4.01. The van der Waals surface area contributed by atoms with Crippen molar-refractivity contribution in [3.8, 4) is 17.1 Å².